The second-order valence-corrected chi connectivity index (χ2v) is 3.48. The maximum absolute atomic E-state index is 10.6. The molecule has 0 aliphatic rings. The average Bonchev–Trinajstić information content (AvgIpc) is 2.63. The normalized spacial score (nSPS) is 12.7. The summed E-state index contributed by atoms with van der Waals surface area (Å²) in [6.45, 7) is 2.94. The maximum Gasteiger partial charge on any atom is 0.305 e. The number of nitrogens with one attached hydrogen (secondary N) is 1. The molecule has 1 unspecified atom stereocenters. The molecule has 1 aromatic rings. The molecule has 0 aliphatic carbocycles. The zero-order valence-corrected chi connectivity index (χ0v) is 9.10. The summed E-state index contributed by atoms with van der Waals surface area (Å²) in [5, 5.41) is 15.9. The van der Waals surface area contributed by atoms with E-state index in [1.165, 1.54) is 0 Å². The zero-order valence-electron chi connectivity index (χ0n) is 9.10. The third kappa shape index (κ3) is 3.36. The molecule has 5 nitrogen and oxygen atoms in total. The molecule has 1 aromatic heterocycles. The third-order valence-corrected chi connectivity index (χ3v) is 2.24. The van der Waals surface area contributed by atoms with Gasteiger partial charge in [0.1, 0.15) is 0 Å². The minimum Gasteiger partial charge on any atom is -0.481 e. The van der Waals surface area contributed by atoms with Gasteiger partial charge in [0.15, 0.2) is 0 Å². The largest absolute Gasteiger partial charge is 0.481 e. The molecule has 0 amide bonds. The van der Waals surface area contributed by atoms with Crippen molar-refractivity contribution in [1.82, 2.24) is 15.1 Å². The number of carboxylic acids is 1. The lowest BCUT2D eigenvalue weighted by molar-refractivity contribution is -0.137. The van der Waals surface area contributed by atoms with Gasteiger partial charge in [-0.2, -0.15) is 5.10 Å². The number of aliphatic carboxylic acids is 1. The number of nitrogens with zero attached hydrogens (tertiary/aromatic N) is 2. The topological polar surface area (TPSA) is 67.2 Å². The molecule has 2 N–H and O–H groups in total. The second-order valence-electron chi connectivity index (χ2n) is 3.48. The summed E-state index contributed by atoms with van der Waals surface area (Å²) in [5.74, 6) is -0.808. The number of hydrogen-bond acceptors (Lipinski definition) is 3. The minimum atomic E-state index is -0.808. The molecule has 84 valence electrons. The van der Waals surface area contributed by atoms with Crippen LogP contribution in [0, 0.1) is 0 Å². The van der Waals surface area contributed by atoms with Crippen LogP contribution in [0.3, 0.4) is 0 Å². The third-order valence-electron chi connectivity index (χ3n) is 2.24. The summed E-state index contributed by atoms with van der Waals surface area (Å²) in [7, 11) is 1.75. The Morgan fingerprint density at radius 2 is 2.47 bits per heavy atom. The fourth-order valence-electron chi connectivity index (χ4n) is 1.47. The van der Waals surface area contributed by atoms with Gasteiger partial charge in [0, 0.05) is 24.3 Å². The Balaban J connectivity index is 2.69. The van der Waals surface area contributed by atoms with Gasteiger partial charge in [0.25, 0.3) is 0 Å². The van der Waals surface area contributed by atoms with Crippen LogP contribution in [0.2, 0.25) is 0 Å². The molecule has 1 atom stereocenters. The quantitative estimate of drug-likeness (QED) is 0.737. The molecule has 0 aliphatic heterocycles. The smallest absolute Gasteiger partial charge is 0.305 e. The van der Waals surface area contributed by atoms with E-state index in [2.05, 4.69) is 17.3 Å². The highest BCUT2D eigenvalue weighted by atomic mass is 16.4. The van der Waals surface area contributed by atoms with Crippen LogP contribution in [0.4, 0.5) is 0 Å². The lowest BCUT2D eigenvalue weighted by atomic mass is 10.1. The van der Waals surface area contributed by atoms with Crippen molar-refractivity contribution < 1.29 is 9.90 Å². The van der Waals surface area contributed by atoms with Crippen molar-refractivity contribution in [2.24, 2.45) is 0 Å². The molecule has 0 fully saturated rings. The summed E-state index contributed by atoms with van der Waals surface area (Å²) in [4.78, 5) is 10.6. The van der Waals surface area contributed by atoms with Crippen LogP contribution in [0.15, 0.2) is 12.4 Å². The van der Waals surface area contributed by atoms with E-state index in [1.807, 2.05) is 10.9 Å². The number of carbonyl (C=O) groups is 1. The van der Waals surface area contributed by atoms with Crippen LogP contribution in [0.25, 0.3) is 0 Å². The summed E-state index contributed by atoms with van der Waals surface area (Å²) in [6.07, 6.45) is 4.71. The first-order valence-electron chi connectivity index (χ1n) is 5.08. The van der Waals surface area contributed by atoms with E-state index in [-0.39, 0.29) is 12.5 Å². The van der Waals surface area contributed by atoms with E-state index >= 15 is 0 Å². The Hall–Kier alpha value is -1.36. The molecular formula is C10H17N3O2. The summed E-state index contributed by atoms with van der Waals surface area (Å²) in [5.41, 5.74) is 0.924. The first-order chi connectivity index (χ1) is 7.17. The van der Waals surface area contributed by atoms with Gasteiger partial charge < -0.3 is 10.4 Å². The van der Waals surface area contributed by atoms with Crippen molar-refractivity contribution in [3.8, 4) is 0 Å². The molecule has 5 heteroatoms. The molecular weight excluding hydrogens is 194 g/mol. The molecule has 1 heterocycles. The van der Waals surface area contributed by atoms with Crippen LogP contribution in [-0.4, -0.2) is 27.9 Å². The van der Waals surface area contributed by atoms with Gasteiger partial charge in [0.05, 0.1) is 12.6 Å². The Labute approximate surface area is 89.1 Å². The van der Waals surface area contributed by atoms with E-state index in [1.54, 1.807) is 13.2 Å². The lowest BCUT2D eigenvalue weighted by Gasteiger charge is -2.10. The predicted molar refractivity (Wildman–Crippen MR) is 56.6 cm³/mol. The molecule has 0 saturated carbocycles. The van der Waals surface area contributed by atoms with Crippen molar-refractivity contribution in [3.63, 3.8) is 0 Å². The van der Waals surface area contributed by atoms with Crippen molar-refractivity contribution in [2.75, 3.05) is 7.05 Å². The van der Waals surface area contributed by atoms with Crippen LogP contribution in [-0.2, 0) is 11.3 Å². The molecule has 0 aromatic carbocycles. The Morgan fingerprint density at radius 3 is 3.00 bits per heavy atom. The fraction of sp³-hybridized carbons (Fsp3) is 0.600. The lowest BCUT2D eigenvalue weighted by Crippen LogP contribution is -2.19. The summed E-state index contributed by atoms with van der Waals surface area (Å²) < 4.78 is 1.83. The fourth-order valence-corrected chi connectivity index (χ4v) is 1.47. The highest BCUT2D eigenvalue weighted by molar-refractivity contribution is 5.67. The van der Waals surface area contributed by atoms with Gasteiger partial charge in [-0.3, -0.25) is 9.48 Å². The first-order valence-corrected chi connectivity index (χ1v) is 5.08. The van der Waals surface area contributed by atoms with Gasteiger partial charge in [-0.25, -0.2) is 0 Å². The minimum absolute atomic E-state index is 0.0777. The number of aryl methyl sites for hydroxylation is 1. The average molecular weight is 211 g/mol. The van der Waals surface area contributed by atoms with Crippen LogP contribution in [0.1, 0.15) is 31.4 Å². The van der Waals surface area contributed by atoms with Crippen molar-refractivity contribution in [1.29, 1.82) is 0 Å². The number of carboxylic acid groups (broad SMARTS) is 1. The van der Waals surface area contributed by atoms with Crippen LogP contribution in [0.5, 0.6) is 0 Å². The second kappa shape index (κ2) is 5.50. The molecule has 0 bridgehead atoms. The number of hydrogen-bond donors (Lipinski definition) is 2. The molecule has 15 heavy (non-hydrogen) atoms. The predicted octanol–water partition coefficient (Wildman–Crippen LogP) is 1.03. The summed E-state index contributed by atoms with van der Waals surface area (Å²) >= 11 is 0. The highest BCUT2D eigenvalue weighted by Crippen LogP contribution is 2.15. The van der Waals surface area contributed by atoms with Crippen molar-refractivity contribution in [2.45, 2.75) is 32.4 Å². The van der Waals surface area contributed by atoms with E-state index in [0.717, 1.165) is 18.5 Å². The van der Waals surface area contributed by atoms with Crippen LogP contribution < -0.4 is 5.32 Å². The van der Waals surface area contributed by atoms with E-state index in [4.69, 9.17) is 5.11 Å². The van der Waals surface area contributed by atoms with Gasteiger partial charge in [0.2, 0.25) is 0 Å². The van der Waals surface area contributed by atoms with E-state index < -0.39 is 5.97 Å². The van der Waals surface area contributed by atoms with E-state index in [0.29, 0.717) is 0 Å². The molecule has 0 radical (unpaired) electrons. The van der Waals surface area contributed by atoms with Gasteiger partial charge in [-0.1, -0.05) is 6.92 Å². The van der Waals surface area contributed by atoms with Crippen LogP contribution >= 0.6 is 0 Å². The van der Waals surface area contributed by atoms with Crippen molar-refractivity contribution in [3.05, 3.63) is 18.0 Å². The van der Waals surface area contributed by atoms with E-state index in [9.17, 15) is 4.79 Å². The first kappa shape index (κ1) is 11.7. The Bertz CT molecular complexity index is 322. The van der Waals surface area contributed by atoms with Crippen molar-refractivity contribution >= 4 is 5.97 Å². The molecule has 0 saturated heterocycles. The standard InChI is InChI=1S/C10H17N3O2/c1-3-4-13-7-8(6-12-13)9(11-2)5-10(14)15/h6-7,9,11H,3-5H2,1-2H3,(H,14,15). The molecule has 0 spiro atoms. The number of rotatable bonds is 6. The SMILES string of the molecule is CCCn1cc(C(CC(=O)O)NC)cn1. The van der Waals surface area contributed by atoms with Gasteiger partial charge in [-0.15, -0.1) is 0 Å². The maximum atomic E-state index is 10.6. The van der Waals surface area contributed by atoms with Gasteiger partial charge in [-0.05, 0) is 13.5 Å². The number of aromatic nitrogens is 2. The Kier molecular flexibility index (Phi) is 4.30. The molecule has 1 rings (SSSR count). The summed E-state index contributed by atoms with van der Waals surface area (Å²) in [6, 6.07) is -0.159. The highest BCUT2D eigenvalue weighted by Gasteiger charge is 2.14. The monoisotopic (exact) mass is 211 g/mol. The van der Waals surface area contributed by atoms with Gasteiger partial charge >= 0.3 is 5.97 Å². The Morgan fingerprint density at radius 1 is 1.73 bits per heavy atom. The zero-order chi connectivity index (χ0) is 11.3.